The third-order valence-corrected chi connectivity index (χ3v) is 6.92. The number of amides is 2. The van der Waals surface area contributed by atoms with Crippen LogP contribution in [-0.2, 0) is 28.7 Å². The summed E-state index contributed by atoms with van der Waals surface area (Å²) in [5.74, 6) is 2.27. The SMILES string of the molecule is C[C@H](NOC(=O)C(F)(F)F)C(=O)OC1(C#Cc2ccc3c(c2)N(C)C(=O)[C@@H](NC(=O)c2cc(Oc4ccccc4)ccn2)CO3)COC1. The first-order valence-electron chi connectivity index (χ1n) is 14.3. The monoisotopic (exact) mass is 668 g/mol. The van der Waals surface area contributed by atoms with Gasteiger partial charge in [-0.05, 0) is 49.2 Å². The molecule has 2 aliphatic heterocycles. The number of halogens is 3. The Labute approximate surface area is 271 Å². The molecule has 1 fully saturated rings. The second-order valence-electron chi connectivity index (χ2n) is 10.6. The van der Waals surface area contributed by atoms with Crippen LogP contribution in [0.15, 0.2) is 66.9 Å². The van der Waals surface area contributed by atoms with Crippen LogP contribution in [0.1, 0.15) is 23.0 Å². The van der Waals surface area contributed by atoms with E-state index < -0.39 is 47.6 Å². The van der Waals surface area contributed by atoms with Gasteiger partial charge in [0.25, 0.3) is 11.8 Å². The van der Waals surface area contributed by atoms with Gasteiger partial charge < -0.3 is 34.0 Å². The molecule has 3 heterocycles. The molecular weight excluding hydrogens is 641 g/mol. The number of hydrogen-bond acceptors (Lipinski definition) is 11. The molecule has 0 aliphatic carbocycles. The summed E-state index contributed by atoms with van der Waals surface area (Å²) in [7, 11) is 1.50. The predicted octanol–water partition coefficient (Wildman–Crippen LogP) is 2.69. The number of carbonyl (C=O) groups is 4. The third-order valence-electron chi connectivity index (χ3n) is 6.92. The molecule has 0 unspecified atom stereocenters. The molecular formula is C32H27F3N4O9. The lowest BCUT2D eigenvalue weighted by Gasteiger charge is -2.36. The number of fused-ring (bicyclic) bond motifs is 1. The molecule has 5 rings (SSSR count). The topological polar surface area (TPSA) is 155 Å². The summed E-state index contributed by atoms with van der Waals surface area (Å²) in [5, 5.41) is 2.65. The van der Waals surface area contributed by atoms with Crippen molar-refractivity contribution in [3.8, 4) is 29.1 Å². The van der Waals surface area contributed by atoms with Gasteiger partial charge in [0.05, 0.1) is 5.69 Å². The van der Waals surface area contributed by atoms with E-state index in [9.17, 15) is 32.3 Å². The molecule has 2 N–H and O–H groups in total. The Morgan fingerprint density at radius 2 is 1.83 bits per heavy atom. The molecule has 48 heavy (non-hydrogen) atoms. The van der Waals surface area contributed by atoms with Crippen molar-refractivity contribution >= 4 is 29.4 Å². The zero-order chi connectivity index (χ0) is 34.5. The van der Waals surface area contributed by atoms with E-state index in [1.54, 1.807) is 54.0 Å². The van der Waals surface area contributed by atoms with Gasteiger partial charge in [-0.1, -0.05) is 24.1 Å². The van der Waals surface area contributed by atoms with Gasteiger partial charge in [-0.15, -0.1) is 5.48 Å². The van der Waals surface area contributed by atoms with Crippen molar-refractivity contribution in [3.63, 3.8) is 0 Å². The van der Waals surface area contributed by atoms with Gasteiger partial charge in [0, 0.05) is 24.9 Å². The average molecular weight is 669 g/mol. The maximum Gasteiger partial charge on any atom is 0.492 e. The number of esters is 1. The molecule has 0 bridgehead atoms. The summed E-state index contributed by atoms with van der Waals surface area (Å²) >= 11 is 0. The van der Waals surface area contributed by atoms with E-state index in [1.165, 1.54) is 24.2 Å². The lowest BCUT2D eigenvalue weighted by Crippen LogP contribution is -2.54. The first kappa shape index (κ1) is 33.7. The molecule has 16 heteroatoms. The molecule has 0 radical (unpaired) electrons. The number of hydrogen-bond donors (Lipinski definition) is 2. The fourth-order valence-corrected chi connectivity index (χ4v) is 4.29. The predicted molar refractivity (Wildman–Crippen MR) is 159 cm³/mol. The van der Waals surface area contributed by atoms with Crippen LogP contribution in [-0.4, -0.2) is 79.5 Å². The van der Waals surface area contributed by atoms with E-state index in [2.05, 4.69) is 27.0 Å². The lowest BCUT2D eigenvalue weighted by molar-refractivity contribution is -0.212. The van der Waals surface area contributed by atoms with Crippen molar-refractivity contribution in [2.45, 2.75) is 30.8 Å². The molecule has 0 saturated carbocycles. The smallest absolute Gasteiger partial charge is 0.489 e. The highest BCUT2D eigenvalue weighted by Crippen LogP contribution is 2.32. The number of nitrogens with one attached hydrogen (secondary N) is 2. The summed E-state index contributed by atoms with van der Waals surface area (Å²) in [6, 6.07) is 14.2. The number of hydroxylamine groups is 1. The van der Waals surface area contributed by atoms with Crippen LogP contribution in [0.3, 0.4) is 0 Å². The van der Waals surface area contributed by atoms with E-state index in [4.69, 9.17) is 18.9 Å². The summed E-state index contributed by atoms with van der Waals surface area (Å²) in [6.45, 7) is 0.721. The van der Waals surface area contributed by atoms with Crippen molar-refractivity contribution in [1.29, 1.82) is 0 Å². The minimum Gasteiger partial charge on any atom is -0.489 e. The Kier molecular flexibility index (Phi) is 9.82. The highest BCUT2D eigenvalue weighted by molar-refractivity contribution is 6.03. The van der Waals surface area contributed by atoms with Crippen molar-refractivity contribution in [2.24, 2.45) is 0 Å². The summed E-state index contributed by atoms with van der Waals surface area (Å²) < 4.78 is 59.2. The van der Waals surface area contributed by atoms with E-state index >= 15 is 0 Å². The molecule has 3 aromatic rings. The lowest BCUT2D eigenvalue weighted by atomic mass is 10.0. The number of alkyl halides is 3. The van der Waals surface area contributed by atoms with Gasteiger partial charge in [-0.25, -0.2) is 4.79 Å². The Morgan fingerprint density at radius 1 is 1.08 bits per heavy atom. The maximum absolute atomic E-state index is 13.4. The van der Waals surface area contributed by atoms with Gasteiger partial charge in [0.1, 0.15) is 54.8 Å². The van der Waals surface area contributed by atoms with Crippen molar-refractivity contribution in [2.75, 3.05) is 31.8 Å². The number of anilines is 1. The minimum atomic E-state index is -5.25. The Morgan fingerprint density at radius 3 is 2.52 bits per heavy atom. The zero-order valence-corrected chi connectivity index (χ0v) is 25.3. The zero-order valence-electron chi connectivity index (χ0n) is 25.3. The number of aromatic nitrogens is 1. The average Bonchev–Trinajstić information content (AvgIpc) is 3.16. The molecule has 250 valence electrons. The van der Waals surface area contributed by atoms with E-state index in [0.717, 1.165) is 6.92 Å². The largest absolute Gasteiger partial charge is 0.492 e. The van der Waals surface area contributed by atoms with Crippen LogP contribution in [0.2, 0.25) is 0 Å². The van der Waals surface area contributed by atoms with E-state index in [-0.39, 0.29) is 25.5 Å². The molecule has 2 aromatic carbocycles. The Hall–Kier alpha value is -5.66. The number of ether oxygens (including phenoxy) is 4. The van der Waals surface area contributed by atoms with Crippen molar-refractivity contribution in [3.05, 3.63) is 78.1 Å². The summed E-state index contributed by atoms with van der Waals surface area (Å²) in [6.07, 6.45) is -3.84. The number of nitrogens with zero attached hydrogens (tertiary/aromatic N) is 2. The minimum absolute atomic E-state index is 0.0281. The molecule has 1 saturated heterocycles. The van der Waals surface area contributed by atoms with Crippen LogP contribution in [0, 0.1) is 11.8 Å². The number of rotatable bonds is 8. The molecule has 13 nitrogen and oxygen atoms in total. The van der Waals surface area contributed by atoms with Gasteiger partial charge in [-0.3, -0.25) is 19.4 Å². The quantitative estimate of drug-likeness (QED) is 0.207. The fourth-order valence-electron chi connectivity index (χ4n) is 4.29. The first-order valence-corrected chi connectivity index (χ1v) is 14.3. The maximum atomic E-state index is 13.4. The molecule has 2 atom stereocenters. The van der Waals surface area contributed by atoms with E-state index in [0.29, 0.717) is 28.5 Å². The highest BCUT2D eigenvalue weighted by Gasteiger charge is 2.44. The second-order valence-corrected chi connectivity index (χ2v) is 10.6. The molecule has 2 aliphatic rings. The number of para-hydroxylation sites is 1. The number of pyridine rings is 1. The highest BCUT2D eigenvalue weighted by atomic mass is 19.4. The number of benzene rings is 2. The van der Waals surface area contributed by atoms with Crippen LogP contribution < -0.4 is 25.2 Å². The van der Waals surface area contributed by atoms with Crippen LogP contribution in [0.25, 0.3) is 0 Å². The van der Waals surface area contributed by atoms with Crippen LogP contribution in [0.5, 0.6) is 17.2 Å². The number of carbonyl (C=O) groups excluding carboxylic acids is 4. The third kappa shape index (κ3) is 8.00. The molecule has 1 aromatic heterocycles. The van der Waals surface area contributed by atoms with Crippen molar-refractivity contribution < 1.29 is 56.1 Å². The summed E-state index contributed by atoms with van der Waals surface area (Å²) in [4.78, 5) is 59.1. The van der Waals surface area contributed by atoms with Gasteiger partial charge in [0.15, 0.2) is 0 Å². The van der Waals surface area contributed by atoms with Gasteiger partial charge in [0.2, 0.25) is 5.60 Å². The second kappa shape index (κ2) is 14.0. The fraction of sp³-hybridized carbons (Fsp3) is 0.281. The molecule has 0 spiro atoms. The van der Waals surface area contributed by atoms with E-state index in [1.807, 2.05) is 6.07 Å². The Bertz CT molecular complexity index is 1770. The number of likely N-dealkylation sites (N-methyl/N-ethyl adjacent to an activating group) is 1. The Balaban J connectivity index is 1.23. The van der Waals surface area contributed by atoms with Crippen molar-refractivity contribution in [1.82, 2.24) is 15.8 Å². The summed E-state index contributed by atoms with van der Waals surface area (Å²) in [5.41, 5.74) is 1.05. The molecule has 2 amide bonds. The normalized spacial score (nSPS) is 17.1. The van der Waals surface area contributed by atoms with Crippen LogP contribution >= 0.6 is 0 Å². The first-order chi connectivity index (χ1) is 22.8. The van der Waals surface area contributed by atoms with Gasteiger partial charge >= 0.3 is 18.1 Å². The standard InChI is InChI=1S/C32H27F3N4O9/c1-19(38-48-30(43)32(33,34)35)29(42)47-31(17-44-18-31)12-10-20-8-9-26-25(14-20)39(2)28(41)24(16-45-26)37-27(40)23-15-22(11-13-36-23)46-21-6-4-3-5-7-21/h3-9,11,13-15,19,24,38H,16-18H2,1-2H3,(H,37,40)/t19-,24-/m0/s1. The van der Waals surface area contributed by atoms with Gasteiger partial charge in [-0.2, -0.15) is 13.2 Å². The van der Waals surface area contributed by atoms with Crippen LogP contribution in [0.4, 0.5) is 18.9 Å².